The molecule has 13 atom stereocenters. The molecular formula is C69H94F3N6O13PS. The number of unbranched alkanes of at least 4 members (excludes halogenated alkanes) is 5. The number of aliphatic hydroxyl groups excluding tert-OH is 1. The summed E-state index contributed by atoms with van der Waals surface area (Å²) in [7, 11) is -4.01. The summed E-state index contributed by atoms with van der Waals surface area (Å²) in [5.41, 5.74) is 2.86. The highest BCUT2D eigenvalue weighted by molar-refractivity contribution is 8.13. The average Bonchev–Trinajstić information content (AvgIpc) is 1.62. The fraction of sp³-hybridized carbons (Fsp3) is 0.638. The summed E-state index contributed by atoms with van der Waals surface area (Å²) in [6.07, 6.45) is 7.82. The molecule has 1 heterocycles. The third-order valence-corrected chi connectivity index (χ3v) is 22.7. The molecule has 3 aromatic rings. The minimum Gasteiger partial charge on any atom is -0.449 e. The highest BCUT2D eigenvalue weighted by Crippen LogP contribution is 2.72. The van der Waals surface area contributed by atoms with E-state index in [2.05, 4.69) is 40.0 Å². The van der Waals surface area contributed by atoms with Gasteiger partial charge >= 0.3 is 19.6 Å². The third kappa shape index (κ3) is 16.5. The first-order valence-electron chi connectivity index (χ1n) is 33.2. The summed E-state index contributed by atoms with van der Waals surface area (Å²) < 4.78 is 80.8. The number of alkyl halides is 3. The highest BCUT2D eigenvalue weighted by atomic mass is 32.2. The van der Waals surface area contributed by atoms with Crippen LogP contribution in [0.15, 0.2) is 72.3 Å². The summed E-state index contributed by atoms with van der Waals surface area (Å²) in [5, 5.41) is 25.5. The molecule has 93 heavy (non-hydrogen) atoms. The van der Waals surface area contributed by atoms with E-state index in [0.29, 0.717) is 79.9 Å². The lowest BCUT2D eigenvalue weighted by atomic mass is 9.44. The molecule has 2 aromatic carbocycles. The Morgan fingerprint density at radius 3 is 2.30 bits per heavy atom. The number of nitrogens with two attached hydrogens (primary N) is 1. The molecule has 510 valence electrons. The number of ketones is 3. The van der Waals surface area contributed by atoms with Gasteiger partial charge in [-0.1, -0.05) is 121 Å². The van der Waals surface area contributed by atoms with Gasteiger partial charge in [-0.25, -0.2) is 22.6 Å². The van der Waals surface area contributed by atoms with Crippen molar-refractivity contribution in [2.75, 3.05) is 25.3 Å². The van der Waals surface area contributed by atoms with E-state index in [4.69, 9.17) is 19.7 Å². The molecule has 19 nitrogen and oxygen atoms in total. The van der Waals surface area contributed by atoms with Crippen LogP contribution in [0.1, 0.15) is 185 Å². The van der Waals surface area contributed by atoms with Gasteiger partial charge in [0.25, 0.3) is 0 Å². The van der Waals surface area contributed by atoms with Gasteiger partial charge in [-0.15, -0.1) is 5.10 Å². The van der Waals surface area contributed by atoms with Crippen molar-refractivity contribution >= 4 is 59.7 Å². The van der Waals surface area contributed by atoms with Crippen molar-refractivity contribution in [2.24, 2.45) is 46.2 Å². The van der Waals surface area contributed by atoms with E-state index in [1.54, 1.807) is 38.1 Å². The largest absolute Gasteiger partial charge is 0.449 e. The van der Waals surface area contributed by atoms with Crippen molar-refractivity contribution in [3.05, 3.63) is 100 Å². The molecule has 5 aliphatic carbocycles. The predicted octanol–water partition coefficient (Wildman–Crippen LogP) is 11.4. The molecule has 6 N–H and O–H groups in total. The van der Waals surface area contributed by atoms with Crippen LogP contribution in [0.3, 0.4) is 0 Å². The Hall–Kier alpha value is -5.84. The second-order valence-electron chi connectivity index (χ2n) is 27.1. The Bertz CT molecular complexity index is 3280. The summed E-state index contributed by atoms with van der Waals surface area (Å²) in [4.78, 5) is 104. The molecule has 5 aliphatic rings. The molecule has 3 fully saturated rings. The number of amides is 3. The number of carbonyl (C=O) groups excluding carboxylic acids is 7. The van der Waals surface area contributed by atoms with E-state index in [0.717, 1.165) is 49.6 Å². The normalized spacial score (nSPS) is 27.8. The molecule has 3 amide bonds. The van der Waals surface area contributed by atoms with Crippen molar-refractivity contribution in [1.29, 1.82) is 0 Å². The molecule has 24 heteroatoms. The zero-order valence-electron chi connectivity index (χ0n) is 54.5. The first-order chi connectivity index (χ1) is 44.2. The number of rotatable bonds is 32. The van der Waals surface area contributed by atoms with E-state index in [9.17, 15) is 52.5 Å². The second kappa shape index (κ2) is 31.8. The van der Waals surface area contributed by atoms with E-state index in [1.807, 2.05) is 30.7 Å². The van der Waals surface area contributed by atoms with Crippen LogP contribution in [0.25, 0.3) is 5.69 Å². The number of halogens is 3. The van der Waals surface area contributed by atoms with Crippen molar-refractivity contribution < 1.29 is 75.3 Å². The van der Waals surface area contributed by atoms with Crippen LogP contribution >= 0.6 is 19.4 Å². The number of aryl methyl sites for hydroxylation is 1. The molecule has 0 aliphatic heterocycles. The number of aliphatic hydroxyl groups is 1. The molecule has 0 bridgehead atoms. The topological polar surface area (TPSA) is 285 Å². The lowest BCUT2D eigenvalue weighted by Gasteiger charge is -2.63. The number of nitrogens with zero attached hydrogens (tertiary/aromatic N) is 3. The van der Waals surface area contributed by atoms with Crippen LogP contribution in [-0.2, 0) is 73.2 Å². The molecule has 0 radical (unpaired) electrons. The molecule has 8 rings (SSSR count). The van der Waals surface area contributed by atoms with Gasteiger partial charge in [0, 0.05) is 60.6 Å². The Kier molecular flexibility index (Phi) is 25.0. The number of benzene rings is 2. The second-order valence-corrected chi connectivity index (χ2v) is 29.9. The number of esters is 1. The number of hydrogen-bond acceptors (Lipinski definition) is 15. The van der Waals surface area contributed by atoms with Gasteiger partial charge in [0.1, 0.15) is 30.6 Å². The van der Waals surface area contributed by atoms with Crippen LogP contribution < -0.4 is 16.4 Å². The first kappa shape index (κ1) is 73.0. The van der Waals surface area contributed by atoms with Gasteiger partial charge in [0.2, 0.25) is 11.0 Å². The number of thioether (sulfide) groups is 1. The van der Waals surface area contributed by atoms with Gasteiger partial charge in [-0.05, 0) is 148 Å². The number of ether oxygens (including phenoxy) is 2. The number of primary amides is 1. The molecule has 0 spiro atoms. The fourth-order valence-corrected chi connectivity index (χ4v) is 17.3. The van der Waals surface area contributed by atoms with E-state index in [-0.39, 0.29) is 93.9 Å². The number of urea groups is 1. The number of hydrogen-bond donors (Lipinski definition) is 5. The SMILES string of the molecule is CCc1ccc(-n2nnc3c2CCCCCC3OCC(=O)C[C@H](C(=O)N[C@@H](CCCNC(N)=O)C(=O)Cc2ccc(COP(=O)(O)CCCCCCCCC(=O)O[C@]3(C(=O)SCF)[C@H](C)C[C@H]4[C@@H]5C[C@H](F)C6=CC(=O)C=C[C@]6(C)[C@@]5(F)[C@@H](O)C[C@@]43C)cc2)C(C)C)cc1. The highest BCUT2D eigenvalue weighted by Gasteiger charge is 2.78. The van der Waals surface area contributed by atoms with Crippen LogP contribution in [0.5, 0.6) is 0 Å². The van der Waals surface area contributed by atoms with Crippen LogP contribution in [0.2, 0.25) is 0 Å². The van der Waals surface area contributed by atoms with Gasteiger partial charge in [0.05, 0.1) is 30.1 Å². The minimum absolute atomic E-state index is 0.0374. The smallest absolute Gasteiger partial charge is 0.328 e. The van der Waals surface area contributed by atoms with Gasteiger partial charge < -0.3 is 40.4 Å². The lowest BCUT2D eigenvalue weighted by Crippen LogP contribution is -2.70. The number of allylic oxidation sites excluding steroid dienone is 4. The third-order valence-electron chi connectivity index (χ3n) is 20.6. The Morgan fingerprint density at radius 2 is 1.61 bits per heavy atom. The van der Waals surface area contributed by atoms with Gasteiger partial charge in [0.15, 0.2) is 28.6 Å². The zero-order valence-corrected chi connectivity index (χ0v) is 56.2. The van der Waals surface area contributed by atoms with Crippen molar-refractivity contribution in [1.82, 2.24) is 25.6 Å². The maximum absolute atomic E-state index is 17.8. The maximum atomic E-state index is 17.8. The average molecular weight is 1340 g/mol. The number of Topliss-reactive ketones (excluding diaryl/α,β-unsaturated/α-hetero) is 2. The van der Waals surface area contributed by atoms with Crippen LogP contribution in [0, 0.1) is 40.4 Å². The number of nitrogens with one attached hydrogen (secondary N) is 2. The van der Waals surface area contributed by atoms with E-state index in [1.165, 1.54) is 24.6 Å². The summed E-state index contributed by atoms with van der Waals surface area (Å²) in [5.74, 6) is -5.83. The summed E-state index contributed by atoms with van der Waals surface area (Å²) in [6, 6.07) is 12.2. The van der Waals surface area contributed by atoms with Gasteiger partial charge in [-0.2, -0.15) is 0 Å². The van der Waals surface area contributed by atoms with Crippen LogP contribution in [-0.4, -0.2) is 120 Å². The Morgan fingerprint density at radius 1 is 0.925 bits per heavy atom. The summed E-state index contributed by atoms with van der Waals surface area (Å²) >= 11 is 0.352. The standard InChI is InChI=1S/C69H94F3N6O13PS/c1-7-45-26-28-48(29-27-45)78-57-19-13-12-14-20-59(62(57)76-77-78)89-41-50(80)36-51(43(2)3)63(84)75-56(18-17-32-74-65(73)86)58(81)35-46-22-24-47(25-23-46)40-90-92(87,88)33-16-11-9-8-10-15-21-61(83)91-69(64(85)93-42-70)44(4)34-52-53-38-55(71)54-37-49(79)30-31-66(54,5)68(53,72)60(82)39-67(52,69)6/h22-31,37,43-44,51-53,55-56,59-60,82H,7-21,32-36,38-42H2,1-6H3,(H,75,84)(H,87,88)(H3,73,74,86)/t44-,51+,52+,53+,55+,56+,59?,60+,66+,67+,68+,69+/m1/s1. The number of fused-ring (bicyclic) bond motifs is 6. The molecule has 2 unspecified atom stereocenters. The zero-order chi connectivity index (χ0) is 67.5. The predicted molar refractivity (Wildman–Crippen MR) is 346 cm³/mol. The molecular weight excluding hydrogens is 1240 g/mol. The monoisotopic (exact) mass is 1330 g/mol. The number of carbonyl (C=O) groups is 7. The number of aromatic nitrogens is 3. The minimum atomic E-state index is -4.01. The van der Waals surface area contributed by atoms with Crippen LogP contribution in [0.4, 0.5) is 18.0 Å². The molecule has 0 saturated heterocycles. The first-order valence-corrected chi connectivity index (χ1v) is 36.0. The fourth-order valence-electron chi connectivity index (χ4n) is 15.4. The van der Waals surface area contributed by atoms with Crippen molar-refractivity contribution in [3.8, 4) is 5.69 Å². The Labute approximate surface area is 548 Å². The van der Waals surface area contributed by atoms with Crippen molar-refractivity contribution in [2.45, 2.75) is 212 Å². The van der Waals surface area contributed by atoms with Gasteiger partial charge in [-0.3, -0.25) is 33.3 Å². The lowest BCUT2D eigenvalue weighted by molar-refractivity contribution is -0.228. The molecule has 1 aromatic heterocycles. The quantitative estimate of drug-likeness (QED) is 0.0221. The Balaban J connectivity index is 0.769. The van der Waals surface area contributed by atoms with E-state index >= 15 is 8.78 Å². The van der Waals surface area contributed by atoms with E-state index < -0.39 is 113 Å². The summed E-state index contributed by atoms with van der Waals surface area (Å²) in [6.45, 7) is 10.4. The van der Waals surface area contributed by atoms with Crippen molar-refractivity contribution in [3.63, 3.8) is 0 Å². The molecule has 3 saturated carbocycles. The maximum Gasteiger partial charge on any atom is 0.328 e.